The van der Waals surface area contributed by atoms with Crippen molar-refractivity contribution < 1.29 is 37.1 Å². The molecule has 4 nitrogen and oxygen atoms in total. The van der Waals surface area contributed by atoms with Crippen LogP contribution in [0.2, 0.25) is 0 Å². The number of aromatic hydroxyl groups is 1. The summed E-state index contributed by atoms with van der Waals surface area (Å²) in [7, 11) is 0. The van der Waals surface area contributed by atoms with Crippen LogP contribution in [0.5, 0.6) is 5.75 Å². The van der Waals surface area contributed by atoms with Gasteiger partial charge < -0.3 is 5.11 Å². The number of imidazole rings is 1. The first kappa shape index (κ1) is 35.8. The second-order valence-corrected chi connectivity index (χ2v) is 20.4. The molecule has 0 aliphatic carbocycles. The second-order valence-electron chi connectivity index (χ2n) is 20.4. The van der Waals surface area contributed by atoms with E-state index < -0.39 is 53.3 Å². The minimum atomic E-state index is -0.607. The van der Waals surface area contributed by atoms with Crippen molar-refractivity contribution in [2.75, 3.05) is 0 Å². The largest absolute Gasteiger partial charge is 0.507 e. The molecule has 5 heteroatoms. The van der Waals surface area contributed by atoms with Crippen LogP contribution in [0.25, 0.3) is 72.7 Å². The van der Waals surface area contributed by atoms with Crippen molar-refractivity contribution in [2.45, 2.75) is 105 Å². The quantitative estimate of drug-likeness (QED) is 0.169. The molecule has 0 unspecified atom stereocenters. The summed E-state index contributed by atoms with van der Waals surface area (Å²) in [6.07, 6.45) is -0.520. The predicted octanol–water partition coefficient (Wildman–Crippen LogP) is 15.4. The molecule has 8 rings (SSSR count). The minimum absolute atomic E-state index is 0. The van der Waals surface area contributed by atoms with Gasteiger partial charge in [-0.3, -0.25) is 9.55 Å². The van der Waals surface area contributed by atoms with Gasteiger partial charge in [-0.1, -0.05) is 191 Å². The number of phenolic OH excluding ortho intramolecular Hbond substituents is 1. The number of hydrogen-bond donors (Lipinski definition) is 1. The Morgan fingerprint density at radius 3 is 1.84 bits per heavy atom. The summed E-state index contributed by atoms with van der Waals surface area (Å²) >= 11 is 0. The monoisotopic (exact) mass is 1020 g/mol. The maximum Gasteiger partial charge on any atom is 0.148 e. The van der Waals surface area contributed by atoms with Crippen LogP contribution in [0.3, 0.4) is 0 Å². The fraction of sp³-hybridized carbons (Fsp3) is 0.276. The smallest absolute Gasteiger partial charge is 0.148 e. The van der Waals surface area contributed by atoms with Gasteiger partial charge in [-0.2, -0.15) is 0 Å². The SMILES string of the molecule is [2H]c1nc(-c2[c-]c(-c3cccc4c3nc(-c3cc(C(C)(C)C)cc(C(C)(C)C)c3O)n4-c3ccccc3-c3ccc(C(C)(C)C)cc3)cc(C(C)(C)C)c2)c([2H])c(-c2c([2H])c([2H])c([2H])c([2H])c2[2H])c1[2H].[Pt]. The summed E-state index contributed by atoms with van der Waals surface area (Å²) in [5.74, 6) is 0.674. The average molecular weight is 1020 g/mol. The van der Waals surface area contributed by atoms with Crippen LogP contribution in [-0.2, 0) is 42.7 Å². The van der Waals surface area contributed by atoms with Crippen LogP contribution in [0.4, 0.5) is 0 Å². The summed E-state index contributed by atoms with van der Waals surface area (Å²) in [6.45, 7) is 25.5. The second kappa shape index (κ2) is 16.9. The van der Waals surface area contributed by atoms with E-state index in [1.54, 1.807) is 0 Å². The number of rotatable bonds is 6. The molecule has 8 aromatic rings. The predicted molar refractivity (Wildman–Crippen MR) is 261 cm³/mol. The standard InChI is InChI=1S/C58H60N3O.Pt/c1-55(2,3)42-27-25-38(26-28-42)45-21-16-17-23-50(45)61-51-24-18-22-46(52(51)60-54(61)47-35-44(57(7,8)9)36-48(53(47)62)58(10,11)12)40-31-41(33-43(32-40)56(4,5)6)49-34-39(29-30-59-49)37-19-14-13-15-20-37;/h13-30,32-36,62H,1-12H3;/q-1;/i13D,14D,15D,19D,20D,29D,30D,34D;. The van der Waals surface area contributed by atoms with E-state index in [-0.39, 0.29) is 60.5 Å². The van der Waals surface area contributed by atoms with Gasteiger partial charge in [0, 0.05) is 44.1 Å². The van der Waals surface area contributed by atoms with Crippen molar-refractivity contribution in [3.05, 3.63) is 168 Å². The Labute approximate surface area is 401 Å². The van der Waals surface area contributed by atoms with E-state index in [2.05, 4.69) is 147 Å². The molecule has 63 heavy (non-hydrogen) atoms. The zero-order chi connectivity index (χ0) is 51.3. The zero-order valence-electron chi connectivity index (χ0n) is 46.3. The van der Waals surface area contributed by atoms with Crippen LogP contribution in [0.15, 0.2) is 139 Å². The summed E-state index contributed by atoms with van der Waals surface area (Å²) < 4.78 is 71.7. The topological polar surface area (TPSA) is 50.9 Å². The molecule has 0 radical (unpaired) electrons. The number of pyridine rings is 1. The molecule has 0 saturated heterocycles. The number of para-hydroxylation sites is 2. The molecule has 1 N–H and O–H groups in total. The fourth-order valence-electron chi connectivity index (χ4n) is 7.83. The number of aromatic nitrogens is 3. The van der Waals surface area contributed by atoms with Gasteiger partial charge in [0.15, 0.2) is 0 Å². The van der Waals surface area contributed by atoms with Crippen molar-refractivity contribution in [2.24, 2.45) is 0 Å². The molecule has 6 aromatic carbocycles. The van der Waals surface area contributed by atoms with Gasteiger partial charge in [-0.05, 0) is 73.7 Å². The van der Waals surface area contributed by atoms with Crippen molar-refractivity contribution in [1.82, 2.24) is 14.5 Å². The van der Waals surface area contributed by atoms with Gasteiger partial charge in [0.05, 0.1) is 33.3 Å². The maximum atomic E-state index is 12.5. The third-order valence-electron chi connectivity index (χ3n) is 11.5. The van der Waals surface area contributed by atoms with Crippen LogP contribution in [-0.4, -0.2) is 19.6 Å². The van der Waals surface area contributed by atoms with Crippen LogP contribution >= 0.6 is 0 Å². The molecule has 2 heterocycles. The molecule has 0 aliphatic rings. The average Bonchev–Trinajstić information content (AvgIpc) is 3.68. The summed E-state index contributed by atoms with van der Waals surface area (Å²) in [6, 6.07) is 30.5. The van der Waals surface area contributed by atoms with E-state index in [4.69, 9.17) is 14.6 Å². The van der Waals surface area contributed by atoms with Crippen molar-refractivity contribution in [1.29, 1.82) is 0 Å². The first-order chi connectivity index (χ1) is 32.5. The maximum absolute atomic E-state index is 12.5. The van der Waals surface area contributed by atoms with Crippen molar-refractivity contribution in [3.63, 3.8) is 0 Å². The normalized spacial score (nSPS) is 14.2. The first-order valence-corrected chi connectivity index (χ1v) is 21.2. The molecule has 0 saturated carbocycles. The molecule has 0 amide bonds. The Morgan fingerprint density at radius 2 is 1.19 bits per heavy atom. The van der Waals surface area contributed by atoms with Gasteiger partial charge in [0.1, 0.15) is 11.6 Å². The molecular weight excluding hydrogens is 950 g/mol. The molecule has 0 bridgehead atoms. The number of phenols is 1. The van der Waals surface area contributed by atoms with E-state index in [0.717, 1.165) is 39.0 Å². The molecule has 324 valence electrons. The van der Waals surface area contributed by atoms with Gasteiger partial charge in [-0.25, -0.2) is 4.98 Å². The van der Waals surface area contributed by atoms with E-state index in [1.807, 2.05) is 42.5 Å². The summed E-state index contributed by atoms with van der Waals surface area (Å²) in [5, 5.41) is 12.5. The third kappa shape index (κ3) is 9.11. The van der Waals surface area contributed by atoms with E-state index in [1.165, 1.54) is 5.56 Å². The Bertz CT molecular complexity index is 3380. The number of nitrogens with zero attached hydrogens (tertiary/aromatic N) is 3. The van der Waals surface area contributed by atoms with E-state index >= 15 is 0 Å². The van der Waals surface area contributed by atoms with Crippen LogP contribution in [0, 0.1) is 6.07 Å². The molecule has 0 aliphatic heterocycles. The van der Waals surface area contributed by atoms with Crippen LogP contribution in [0.1, 0.15) is 116 Å². The zero-order valence-corrected chi connectivity index (χ0v) is 40.5. The molecule has 2 aromatic heterocycles. The number of benzene rings is 6. The van der Waals surface area contributed by atoms with Gasteiger partial charge in [-0.15, -0.1) is 29.3 Å². The van der Waals surface area contributed by atoms with Gasteiger partial charge in [0.2, 0.25) is 0 Å². The van der Waals surface area contributed by atoms with E-state index in [9.17, 15) is 6.48 Å². The molecule has 0 spiro atoms. The van der Waals surface area contributed by atoms with Gasteiger partial charge >= 0.3 is 0 Å². The Hall–Kier alpha value is -5.57. The number of fused-ring (bicyclic) bond motifs is 1. The minimum Gasteiger partial charge on any atom is -0.507 e. The third-order valence-corrected chi connectivity index (χ3v) is 11.5. The first-order valence-electron chi connectivity index (χ1n) is 25.2. The fourth-order valence-corrected chi connectivity index (χ4v) is 7.83. The molecular formula is C58H60N3OPt-. The molecule has 0 atom stereocenters. The Morgan fingerprint density at radius 1 is 0.571 bits per heavy atom. The molecule has 0 fully saturated rings. The van der Waals surface area contributed by atoms with E-state index in [0.29, 0.717) is 33.6 Å². The van der Waals surface area contributed by atoms with Crippen LogP contribution < -0.4 is 0 Å². The van der Waals surface area contributed by atoms with Gasteiger partial charge in [0.25, 0.3) is 0 Å². The van der Waals surface area contributed by atoms with Crippen molar-refractivity contribution in [3.8, 4) is 67.5 Å². The summed E-state index contributed by atoms with van der Waals surface area (Å²) in [5.41, 5.74) is 8.45. The summed E-state index contributed by atoms with van der Waals surface area (Å²) in [4.78, 5) is 9.99. The Kier molecular flexibility index (Phi) is 9.59. The Balaban J connectivity index is 0.00000741. The van der Waals surface area contributed by atoms with Crippen molar-refractivity contribution >= 4 is 11.0 Å². The number of hydrogen-bond acceptors (Lipinski definition) is 3.